The van der Waals surface area contributed by atoms with E-state index in [0.29, 0.717) is 0 Å². The lowest BCUT2D eigenvalue weighted by atomic mass is 10.1. The smallest absolute Gasteiger partial charge is 0.0406 e. The average molecular weight is 182 g/mol. The summed E-state index contributed by atoms with van der Waals surface area (Å²) in [4.78, 5) is 2.43. The van der Waals surface area contributed by atoms with E-state index < -0.39 is 0 Å². The van der Waals surface area contributed by atoms with Gasteiger partial charge in [-0.05, 0) is 24.1 Å². The van der Waals surface area contributed by atoms with Crippen molar-refractivity contribution in [3.8, 4) is 0 Å². The molecular formula is C10H12ClN. The Morgan fingerprint density at radius 2 is 1.83 bits per heavy atom. The molecular weight excluding hydrogens is 170 g/mol. The van der Waals surface area contributed by atoms with Crippen LogP contribution in [0.4, 0.5) is 0 Å². The van der Waals surface area contributed by atoms with Crippen LogP contribution in [0.25, 0.3) is 0 Å². The fraction of sp³-hybridized carbons (Fsp3) is 0.400. The fourth-order valence-electron chi connectivity index (χ4n) is 1.23. The summed E-state index contributed by atoms with van der Waals surface area (Å²) in [6.45, 7) is 3.77. The molecule has 1 fully saturated rings. The lowest BCUT2D eigenvalue weighted by Gasteiger charge is -2.01. The van der Waals surface area contributed by atoms with Gasteiger partial charge < -0.3 is 4.90 Å². The first-order valence-electron chi connectivity index (χ1n) is 4.31. The summed E-state index contributed by atoms with van der Waals surface area (Å²) < 4.78 is 0. The quantitative estimate of drug-likeness (QED) is 0.647. The number of halogens is 1. The van der Waals surface area contributed by atoms with E-state index in [0.717, 1.165) is 11.4 Å². The molecule has 0 saturated carbocycles. The summed E-state index contributed by atoms with van der Waals surface area (Å²) in [7, 11) is 0. The van der Waals surface area contributed by atoms with Gasteiger partial charge in [-0.15, -0.1) is 0 Å². The highest BCUT2D eigenvalue weighted by Crippen LogP contribution is 2.11. The zero-order valence-electron chi connectivity index (χ0n) is 6.96. The second-order valence-electron chi connectivity index (χ2n) is 3.22. The first-order valence-corrected chi connectivity index (χ1v) is 4.69. The highest BCUT2D eigenvalue weighted by molar-refractivity contribution is 6.30. The zero-order chi connectivity index (χ0) is 8.39. The molecule has 12 heavy (non-hydrogen) atoms. The molecule has 1 heterocycles. The van der Waals surface area contributed by atoms with E-state index in [4.69, 9.17) is 11.6 Å². The largest absolute Gasteiger partial charge is 0.300 e. The Labute approximate surface area is 77.9 Å². The molecule has 2 heteroatoms. The third-order valence-electron chi connectivity index (χ3n) is 2.17. The molecule has 0 aliphatic carbocycles. The highest BCUT2D eigenvalue weighted by atomic mass is 35.5. The molecule has 0 atom stereocenters. The van der Waals surface area contributed by atoms with Gasteiger partial charge in [0.1, 0.15) is 0 Å². The van der Waals surface area contributed by atoms with E-state index in [-0.39, 0.29) is 0 Å². The Morgan fingerprint density at radius 3 is 2.42 bits per heavy atom. The normalized spacial score (nSPS) is 16.4. The van der Waals surface area contributed by atoms with Crippen LogP contribution in [0.3, 0.4) is 0 Å². The monoisotopic (exact) mass is 181 g/mol. The molecule has 1 aliphatic rings. The van der Waals surface area contributed by atoms with E-state index in [1.807, 2.05) is 12.1 Å². The Kier molecular flexibility index (Phi) is 2.33. The van der Waals surface area contributed by atoms with Gasteiger partial charge in [-0.2, -0.15) is 0 Å². The van der Waals surface area contributed by atoms with Crippen LogP contribution < -0.4 is 0 Å². The SMILES string of the molecule is Clc1ccc(CCN2CC2)cc1. The van der Waals surface area contributed by atoms with Gasteiger partial charge >= 0.3 is 0 Å². The predicted octanol–water partition coefficient (Wildman–Crippen LogP) is 2.20. The number of benzene rings is 1. The van der Waals surface area contributed by atoms with E-state index in [2.05, 4.69) is 17.0 Å². The number of rotatable bonds is 3. The summed E-state index contributed by atoms with van der Waals surface area (Å²) in [5.74, 6) is 0. The van der Waals surface area contributed by atoms with Crippen LogP contribution in [0.1, 0.15) is 5.56 Å². The molecule has 0 bridgehead atoms. The number of nitrogens with zero attached hydrogens (tertiary/aromatic N) is 1. The summed E-state index contributed by atoms with van der Waals surface area (Å²) in [6.07, 6.45) is 1.15. The minimum Gasteiger partial charge on any atom is -0.300 e. The molecule has 0 radical (unpaired) electrons. The van der Waals surface area contributed by atoms with Gasteiger partial charge in [-0.3, -0.25) is 0 Å². The molecule has 2 rings (SSSR count). The van der Waals surface area contributed by atoms with Crippen LogP contribution in [0.15, 0.2) is 24.3 Å². The Hall–Kier alpha value is -0.530. The van der Waals surface area contributed by atoms with Gasteiger partial charge in [0.05, 0.1) is 0 Å². The maximum absolute atomic E-state index is 5.78. The van der Waals surface area contributed by atoms with Gasteiger partial charge in [-0.1, -0.05) is 23.7 Å². The maximum Gasteiger partial charge on any atom is 0.0406 e. The van der Waals surface area contributed by atoms with Gasteiger partial charge in [0.2, 0.25) is 0 Å². The Bertz CT molecular complexity index is 251. The third-order valence-corrected chi connectivity index (χ3v) is 2.42. The summed E-state index contributed by atoms with van der Waals surface area (Å²) >= 11 is 5.78. The van der Waals surface area contributed by atoms with E-state index >= 15 is 0 Å². The minimum atomic E-state index is 0.825. The van der Waals surface area contributed by atoms with Crippen molar-refractivity contribution in [2.75, 3.05) is 19.6 Å². The molecule has 1 saturated heterocycles. The molecule has 0 amide bonds. The van der Waals surface area contributed by atoms with Crippen LogP contribution in [-0.2, 0) is 6.42 Å². The van der Waals surface area contributed by atoms with Crippen molar-refractivity contribution < 1.29 is 0 Å². The van der Waals surface area contributed by atoms with Crippen LogP contribution in [0, 0.1) is 0 Å². The average Bonchev–Trinajstić information content (AvgIpc) is 2.87. The topological polar surface area (TPSA) is 3.01 Å². The van der Waals surface area contributed by atoms with Gasteiger partial charge in [0.25, 0.3) is 0 Å². The van der Waals surface area contributed by atoms with Gasteiger partial charge in [-0.25, -0.2) is 0 Å². The molecule has 1 aromatic carbocycles. The second kappa shape index (κ2) is 3.46. The molecule has 0 aromatic heterocycles. The molecule has 1 aliphatic heterocycles. The fourth-order valence-corrected chi connectivity index (χ4v) is 1.36. The standard InChI is InChI=1S/C10H12ClN/c11-10-3-1-9(2-4-10)5-6-12-7-8-12/h1-4H,5-8H2. The zero-order valence-corrected chi connectivity index (χ0v) is 7.72. The second-order valence-corrected chi connectivity index (χ2v) is 3.65. The van der Waals surface area contributed by atoms with Crippen LogP contribution in [0.5, 0.6) is 0 Å². The molecule has 0 unspecified atom stereocenters. The van der Waals surface area contributed by atoms with Crippen molar-refractivity contribution in [1.29, 1.82) is 0 Å². The minimum absolute atomic E-state index is 0.825. The summed E-state index contributed by atoms with van der Waals surface area (Å²) in [5.41, 5.74) is 1.38. The van der Waals surface area contributed by atoms with Crippen molar-refractivity contribution >= 4 is 11.6 Å². The van der Waals surface area contributed by atoms with Crippen molar-refractivity contribution in [3.63, 3.8) is 0 Å². The summed E-state index contributed by atoms with van der Waals surface area (Å²) in [6, 6.07) is 8.12. The predicted molar refractivity (Wildman–Crippen MR) is 51.6 cm³/mol. The van der Waals surface area contributed by atoms with Gasteiger partial charge in [0, 0.05) is 24.7 Å². The van der Waals surface area contributed by atoms with Crippen LogP contribution in [0.2, 0.25) is 5.02 Å². The number of hydrogen-bond acceptors (Lipinski definition) is 1. The van der Waals surface area contributed by atoms with Crippen molar-refractivity contribution in [1.82, 2.24) is 4.90 Å². The molecule has 1 nitrogen and oxygen atoms in total. The lowest BCUT2D eigenvalue weighted by molar-refractivity contribution is 0.561. The summed E-state index contributed by atoms with van der Waals surface area (Å²) in [5, 5.41) is 0.825. The Morgan fingerprint density at radius 1 is 1.17 bits per heavy atom. The maximum atomic E-state index is 5.78. The first kappa shape index (κ1) is 8.09. The molecule has 0 spiro atoms. The highest BCUT2D eigenvalue weighted by Gasteiger charge is 2.15. The van der Waals surface area contributed by atoms with Crippen LogP contribution in [-0.4, -0.2) is 24.5 Å². The van der Waals surface area contributed by atoms with E-state index in [1.54, 1.807) is 0 Å². The molecule has 1 aromatic rings. The number of hydrogen-bond donors (Lipinski definition) is 0. The Balaban J connectivity index is 1.89. The van der Waals surface area contributed by atoms with Crippen molar-refractivity contribution in [3.05, 3.63) is 34.9 Å². The lowest BCUT2D eigenvalue weighted by Crippen LogP contribution is -2.02. The van der Waals surface area contributed by atoms with E-state index in [1.165, 1.54) is 25.2 Å². The van der Waals surface area contributed by atoms with E-state index in [9.17, 15) is 0 Å². The third kappa shape index (κ3) is 2.23. The van der Waals surface area contributed by atoms with Gasteiger partial charge in [0.15, 0.2) is 0 Å². The van der Waals surface area contributed by atoms with Crippen molar-refractivity contribution in [2.45, 2.75) is 6.42 Å². The molecule has 64 valence electrons. The van der Waals surface area contributed by atoms with Crippen LogP contribution >= 0.6 is 11.6 Å². The first-order chi connectivity index (χ1) is 5.84. The molecule has 0 N–H and O–H groups in total. The van der Waals surface area contributed by atoms with Crippen molar-refractivity contribution in [2.24, 2.45) is 0 Å².